The Kier molecular flexibility index (Phi) is 4.03. The van der Waals surface area contributed by atoms with Gasteiger partial charge in [-0.3, -0.25) is 14.9 Å². The van der Waals surface area contributed by atoms with Gasteiger partial charge in [-0.05, 0) is 12.5 Å². The number of nitrogens with zero attached hydrogens (tertiary/aromatic N) is 2. The van der Waals surface area contributed by atoms with Crippen molar-refractivity contribution in [1.29, 1.82) is 0 Å². The average Bonchev–Trinajstić information content (AvgIpc) is 2.71. The van der Waals surface area contributed by atoms with Crippen molar-refractivity contribution in [1.82, 2.24) is 0 Å². The van der Waals surface area contributed by atoms with Crippen LogP contribution in [0.15, 0.2) is 18.2 Å². The molecule has 0 bridgehead atoms. The highest BCUT2D eigenvalue weighted by molar-refractivity contribution is 5.97. The average molecular weight is 258 g/mol. The molecule has 0 radical (unpaired) electrons. The Balaban J connectivity index is 0.00000144. The van der Waals surface area contributed by atoms with E-state index in [9.17, 15) is 14.9 Å². The van der Waals surface area contributed by atoms with E-state index in [4.69, 9.17) is 5.73 Å². The Morgan fingerprint density at radius 1 is 1.53 bits per heavy atom. The molecule has 0 unspecified atom stereocenters. The predicted octanol–water partition coefficient (Wildman–Crippen LogP) is 0.864. The minimum absolute atomic E-state index is 0. The van der Waals surface area contributed by atoms with Crippen molar-refractivity contribution in [3.63, 3.8) is 0 Å². The molecule has 0 atom stereocenters. The second kappa shape index (κ2) is 5.11. The van der Waals surface area contributed by atoms with Gasteiger partial charge in [0.2, 0.25) is 5.91 Å². The van der Waals surface area contributed by atoms with Crippen LogP contribution in [0.2, 0.25) is 0 Å². The van der Waals surface area contributed by atoms with Gasteiger partial charge in [0, 0.05) is 12.6 Å². The molecule has 0 aromatic heterocycles. The number of carbonyl (C=O) groups is 1. The summed E-state index contributed by atoms with van der Waals surface area (Å²) in [6.45, 7) is 0.387. The van der Waals surface area contributed by atoms with Gasteiger partial charge in [0.05, 0.1) is 22.7 Å². The molecule has 1 aliphatic heterocycles. The smallest absolute Gasteiger partial charge is 0.274 e. The van der Waals surface area contributed by atoms with Crippen LogP contribution in [0.1, 0.15) is 5.56 Å². The van der Waals surface area contributed by atoms with Gasteiger partial charge in [-0.2, -0.15) is 0 Å². The number of rotatable bonds is 2. The van der Waals surface area contributed by atoms with E-state index in [1.807, 2.05) is 0 Å². The molecular formula is C10H12ClN3O3. The molecule has 0 saturated carbocycles. The molecule has 0 fully saturated rings. The number of benzene rings is 1. The highest BCUT2D eigenvalue weighted by Gasteiger charge is 2.29. The third-order valence-corrected chi connectivity index (χ3v) is 2.68. The lowest BCUT2D eigenvalue weighted by Crippen LogP contribution is -2.34. The monoisotopic (exact) mass is 257 g/mol. The Morgan fingerprint density at radius 3 is 2.82 bits per heavy atom. The third kappa shape index (κ3) is 2.22. The zero-order valence-electron chi connectivity index (χ0n) is 8.96. The summed E-state index contributed by atoms with van der Waals surface area (Å²) < 4.78 is 0. The van der Waals surface area contributed by atoms with Crippen molar-refractivity contribution in [2.24, 2.45) is 5.73 Å². The molecule has 1 heterocycles. The number of nitrogens with two attached hydrogens (primary N) is 1. The number of amides is 1. The summed E-state index contributed by atoms with van der Waals surface area (Å²) in [5, 5.41) is 10.8. The quantitative estimate of drug-likeness (QED) is 0.629. The van der Waals surface area contributed by atoms with Crippen LogP contribution in [0.3, 0.4) is 0 Å². The molecule has 2 N–H and O–H groups in total. The topological polar surface area (TPSA) is 89.5 Å². The highest BCUT2D eigenvalue weighted by atomic mass is 35.5. The standard InChI is InChI=1S/C10H11N3O3.ClH/c11-6-10(14)12-5-4-7-8(12)2-1-3-9(7)13(15)16;/h1-3H,4-6,11H2;1H. The van der Waals surface area contributed by atoms with Gasteiger partial charge in [-0.25, -0.2) is 0 Å². The molecule has 92 valence electrons. The largest absolute Gasteiger partial charge is 0.322 e. The lowest BCUT2D eigenvalue weighted by atomic mass is 10.1. The first-order valence-corrected chi connectivity index (χ1v) is 4.92. The SMILES string of the molecule is Cl.NCC(=O)N1CCc2c1cccc2[N+](=O)[O-]. The van der Waals surface area contributed by atoms with Crippen LogP contribution in [0, 0.1) is 10.1 Å². The number of nitro groups is 1. The Morgan fingerprint density at radius 2 is 2.24 bits per heavy atom. The number of anilines is 1. The number of hydrogen-bond donors (Lipinski definition) is 1. The molecule has 1 aromatic carbocycles. The van der Waals surface area contributed by atoms with E-state index in [1.165, 1.54) is 11.0 Å². The summed E-state index contributed by atoms with van der Waals surface area (Å²) in [6.07, 6.45) is 0.512. The first-order valence-electron chi connectivity index (χ1n) is 4.92. The maximum atomic E-state index is 11.5. The lowest BCUT2D eigenvalue weighted by Gasteiger charge is -2.15. The van der Waals surface area contributed by atoms with Crippen LogP contribution in [0.25, 0.3) is 0 Å². The highest BCUT2D eigenvalue weighted by Crippen LogP contribution is 2.34. The lowest BCUT2D eigenvalue weighted by molar-refractivity contribution is -0.385. The van der Waals surface area contributed by atoms with Crippen molar-refractivity contribution in [3.05, 3.63) is 33.9 Å². The maximum absolute atomic E-state index is 11.5. The predicted molar refractivity (Wildman–Crippen MR) is 65.5 cm³/mol. The number of fused-ring (bicyclic) bond motifs is 1. The van der Waals surface area contributed by atoms with Gasteiger partial charge in [-0.1, -0.05) is 6.07 Å². The molecular weight excluding hydrogens is 246 g/mol. The van der Waals surface area contributed by atoms with E-state index in [0.29, 0.717) is 24.2 Å². The van der Waals surface area contributed by atoms with E-state index in [-0.39, 0.29) is 30.5 Å². The molecule has 1 aliphatic rings. The van der Waals surface area contributed by atoms with E-state index in [1.54, 1.807) is 12.1 Å². The molecule has 0 aliphatic carbocycles. The summed E-state index contributed by atoms with van der Waals surface area (Å²) >= 11 is 0. The summed E-state index contributed by atoms with van der Waals surface area (Å²) in [7, 11) is 0. The molecule has 7 heteroatoms. The van der Waals surface area contributed by atoms with Gasteiger partial charge in [-0.15, -0.1) is 12.4 Å². The van der Waals surface area contributed by atoms with E-state index in [0.717, 1.165) is 0 Å². The Hall–Kier alpha value is -1.66. The number of nitro benzene ring substituents is 1. The van der Waals surface area contributed by atoms with Crippen LogP contribution in [0.4, 0.5) is 11.4 Å². The fraction of sp³-hybridized carbons (Fsp3) is 0.300. The summed E-state index contributed by atoms with van der Waals surface area (Å²) in [4.78, 5) is 23.4. The first kappa shape index (κ1) is 13.4. The zero-order valence-corrected chi connectivity index (χ0v) is 9.77. The van der Waals surface area contributed by atoms with Gasteiger partial charge in [0.15, 0.2) is 0 Å². The molecule has 0 saturated heterocycles. The number of carbonyl (C=O) groups excluding carboxylic acids is 1. The fourth-order valence-electron chi connectivity index (χ4n) is 1.96. The second-order valence-corrected chi connectivity index (χ2v) is 3.53. The van der Waals surface area contributed by atoms with Crippen molar-refractivity contribution in [3.8, 4) is 0 Å². The molecule has 2 rings (SSSR count). The van der Waals surface area contributed by atoms with Crippen molar-refractivity contribution < 1.29 is 9.72 Å². The minimum Gasteiger partial charge on any atom is -0.322 e. The Bertz CT molecular complexity index is 464. The second-order valence-electron chi connectivity index (χ2n) is 3.53. The maximum Gasteiger partial charge on any atom is 0.274 e. The fourth-order valence-corrected chi connectivity index (χ4v) is 1.96. The summed E-state index contributed by atoms with van der Waals surface area (Å²) in [5.74, 6) is -0.209. The number of halogens is 1. The molecule has 17 heavy (non-hydrogen) atoms. The van der Waals surface area contributed by atoms with Gasteiger partial charge >= 0.3 is 0 Å². The van der Waals surface area contributed by atoms with E-state index < -0.39 is 4.92 Å². The molecule has 1 aromatic rings. The third-order valence-electron chi connectivity index (χ3n) is 2.68. The Labute approximate surface area is 104 Å². The number of hydrogen-bond acceptors (Lipinski definition) is 4. The van der Waals surface area contributed by atoms with Crippen molar-refractivity contribution in [2.75, 3.05) is 18.0 Å². The van der Waals surface area contributed by atoms with E-state index in [2.05, 4.69) is 0 Å². The molecule has 1 amide bonds. The van der Waals surface area contributed by atoms with Crippen LogP contribution >= 0.6 is 12.4 Å². The summed E-state index contributed by atoms with van der Waals surface area (Å²) in [6, 6.07) is 4.75. The van der Waals surface area contributed by atoms with Crippen LogP contribution in [0.5, 0.6) is 0 Å². The van der Waals surface area contributed by atoms with E-state index >= 15 is 0 Å². The van der Waals surface area contributed by atoms with Gasteiger partial charge in [0.1, 0.15) is 0 Å². The minimum atomic E-state index is -0.421. The van der Waals surface area contributed by atoms with Crippen molar-refractivity contribution >= 4 is 29.7 Å². The molecule has 6 nitrogen and oxygen atoms in total. The summed E-state index contributed by atoms with van der Waals surface area (Å²) in [5.41, 5.74) is 6.59. The normalized spacial score (nSPS) is 12.9. The van der Waals surface area contributed by atoms with Crippen LogP contribution in [-0.2, 0) is 11.2 Å². The van der Waals surface area contributed by atoms with Gasteiger partial charge < -0.3 is 10.6 Å². The molecule has 0 spiro atoms. The van der Waals surface area contributed by atoms with Crippen LogP contribution in [-0.4, -0.2) is 23.9 Å². The zero-order chi connectivity index (χ0) is 11.7. The van der Waals surface area contributed by atoms with Crippen molar-refractivity contribution in [2.45, 2.75) is 6.42 Å². The van der Waals surface area contributed by atoms with Crippen LogP contribution < -0.4 is 10.6 Å². The van der Waals surface area contributed by atoms with Gasteiger partial charge in [0.25, 0.3) is 5.69 Å². The first-order chi connectivity index (χ1) is 7.65.